The summed E-state index contributed by atoms with van der Waals surface area (Å²) in [4.78, 5) is 11.2. The van der Waals surface area contributed by atoms with Crippen molar-refractivity contribution in [2.45, 2.75) is 38.2 Å². The summed E-state index contributed by atoms with van der Waals surface area (Å²) in [5, 5.41) is 11.3. The number of carbonyl (C=O) groups is 1. The summed E-state index contributed by atoms with van der Waals surface area (Å²) < 4.78 is 5.41. The quantitative estimate of drug-likeness (QED) is 0.613. The fourth-order valence-electron chi connectivity index (χ4n) is 1.56. The van der Waals surface area contributed by atoms with Crippen LogP contribution < -0.4 is 5.32 Å². The van der Waals surface area contributed by atoms with Gasteiger partial charge in [-0.15, -0.1) is 0 Å². The smallest absolute Gasteiger partial charge is 0.220 e. The van der Waals surface area contributed by atoms with Crippen LogP contribution in [-0.2, 0) is 9.53 Å². The zero-order chi connectivity index (χ0) is 10.2. The first-order chi connectivity index (χ1) is 6.83. The largest absolute Gasteiger partial charge is 0.396 e. The molecule has 0 saturated carbocycles. The Labute approximate surface area is 84.6 Å². The topological polar surface area (TPSA) is 58.6 Å². The number of nitrogens with one attached hydrogen (secondary N) is 1. The van der Waals surface area contributed by atoms with Gasteiger partial charge in [-0.1, -0.05) is 0 Å². The molecular formula is C10H19NO3. The third-order valence-electron chi connectivity index (χ3n) is 2.37. The number of hydrogen-bond donors (Lipinski definition) is 2. The summed E-state index contributed by atoms with van der Waals surface area (Å²) in [6.45, 7) is 1.55. The van der Waals surface area contributed by atoms with Crippen LogP contribution in [0, 0.1) is 0 Å². The van der Waals surface area contributed by atoms with Gasteiger partial charge in [-0.05, 0) is 25.7 Å². The van der Waals surface area contributed by atoms with Crippen LogP contribution in [0.25, 0.3) is 0 Å². The Morgan fingerprint density at radius 2 is 2.43 bits per heavy atom. The summed E-state index contributed by atoms with van der Waals surface area (Å²) in [6, 6.07) is 0. The van der Waals surface area contributed by atoms with Crippen molar-refractivity contribution in [2.75, 3.05) is 19.8 Å². The molecule has 1 aliphatic heterocycles. The van der Waals surface area contributed by atoms with Crippen LogP contribution in [0.1, 0.15) is 32.1 Å². The Balaban J connectivity index is 1.96. The predicted molar refractivity (Wildman–Crippen MR) is 52.9 cm³/mol. The lowest BCUT2D eigenvalue weighted by Crippen LogP contribution is -2.25. The highest BCUT2D eigenvalue weighted by Gasteiger charge is 2.16. The minimum absolute atomic E-state index is 0.0638. The SMILES string of the molecule is O=C(CC[C@H]1CCCO1)NCCCO. The van der Waals surface area contributed by atoms with E-state index in [9.17, 15) is 4.79 Å². The minimum Gasteiger partial charge on any atom is -0.396 e. The van der Waals surface area contributed by atoms with Gasteiger partial charge in [0.15, 0.2) is 0 Å². The standard InChI is InChI=1S/C10H19NO3/c12-7-2-6-11-10(13)5-4-9-3-1-8-14-9/h9,12H,1-8H2,(H,11,13)/t9-/m1/s1. The highest BCUT2D eigenvalue weighted by Crippen LogP contribution is 2.16. The second kappa shape index (κ2) is 6.79. The highest BCUT2D eigenvalue weighted by atomic mass is 16.5. The molecule has 14 heavy (non-hydrogen) atoms. The van der Waals surface area contributed by atoms with Gasteiger partial charge in [0.2, 0.25) is 5.91 Å². The maximum atomic E-state index is 11.2. The second-order valence-electron chi connectivity index (χ2n) is 3.60. The van der Waals surface area contributed by atoms with E-state index in [2.05, 4.69) is 5.32 Å². The van der Waals surface area contributed by atoms with Gasteiger partial charge in [0.25, 0.3) is 0 Å². The molecular weight excluding hydrogens is 182 g/mol. The molecule has 0 spiro atoms. The molecule has 0 aromatic rings. The zero-order valence-corrected chi connectivity index (χ0v) is 8.50. The number of carbonyl (C=O) groups excluding carboxylic acids is 1. The van der Waals surface area contributed by atoms with E-state index in [1.165, 1.54) is 0 Å². The molecule has 1 fully saturated rings. The van der Waals surface area contributed by atoms with Gasteiger partial charge in [-0.3, -0.25) is 4.79 Å². The van der Waals surface area contributed by atoms with Crippen LogP contribution in [-0.4, -0.2) is 36.9 Å². The number of amides is 1. The molecule has 4 heteroatoms. The lowest BCUT2D eigenvalue weighted by atomic mass is 10.1. The van der Waals surface area contributed by atoms with Gasteiger partial charge in [0.1, 0.15) is 0 Å². The molecule has 1 saturated heterocycles. The number of ether oxygens (including phenoxy) is 1. The molecule has 4 nitrogen and oxygen atoms in total. The van der Waals surface area contributed by atoms with Crippen molar-refractivity contribution < 1.29 is 14.6 Å². The van der Waals surface area contributed by atoms with Crippen LogP contribution >= 0.6 is 0 Å². The summed E-state index contributed by atoms with van der Waals surface area (Å²) >= 11 is 0. The lowest BCUT2D eigenvalue weighted by Gasteiger charge is -2.08. The molecule has 0 aromatic carbocycles. The van der Waals surface area contributed by atoms with E-state index in [4.69, 9.17) is 9.84 Å². The molecule has 1 heterocycles. The Kier molecular flexibility index (Phi) is 5.56. The van der Waals surface area contributed by atoms with E-state index < -0.39 is 0 Å². The summed E-state index contributed by atoms with van der Waals surface area (Å²) in [7, 11) is 0. The van der Waals surface area contributed by atoms with Crippen LogP contribution in [0.5, 0.6) is 0 Å². The average Bonchev–Trinajstić information content (AvgIpc) is 2.68. The van der Waals surface area contributed by atoms with E-state index in [0.717, 1.165) is 25.9 Å². The Hall–Kier alpha value is -0.610. The lowest BCUT2D eigenvalue weighted by molar-refractivity contribution is -0.121. The summed E-state index contributed by atoms with van der Waals surface area (Å²) in [5.74, 6) is 0.0638. The van der Waals surface area contributed by atoms with Crippen molar-refractivity contribution in [1.82, 2.24) is 5.32 Å². The monoisotopic (exact) mass is 201 g/mol. The van der Waals surface area contributed by atoms with Gasteiger partial charge < -0.3 is 15.2 Å². The van der Waals surface area contributed by atoms with E-state index >= 15 is 0 Å². The summed E-state index contributed by atoms with van der Waals surface area (Å²) in [6.07, 6.45) is 4.49. The van der Waals surface area contributed by atoms with E-state index in [-0.39, 0.29) is 12.5 Å². The number of aliphatic hydroxyl groups excluding tert-OH is 1. The van der Waals surface area contributed by atoms with Gasteiger partial charge in [0.05, 0.1) is 6.10 Å². The molecule has 1 rings (SSSR count). The molecule has 1 atom stereocenters. The van der Waals surface area contributed by atoms with E-state index in [0.29, 0.717) is 25.5 Å². The molecule has 0 radical (unpaired) electrons. The third kappa shape index (κ3) is 4.58. The highest BCUT2D eigenvalue weighted by molar-refractivity contribution is 5.75. The van der Waals surface area contributed by atoms with Crippen LogP contribution in [0.4, 0.5) is 0 Å². The minimum atomic E-state index is 0.0638. The molecule has 82 valence electrons. The number of aliphatic hydroxyl groups is 1. The van der Waals surface area contributed by atoms with Crippen molar-refractivity contribution in [3.05, 3.63) is 0 Å². The first kappa shape index (κ1) is 11.5. The second-order valence-corrected chi connectivity index (χ2v) is 3.60. The predicted octanol–water partition coefficient (Wildman–Crippen LogP) is 0.444. The Morgan fingerprint density at radius 1 is 1.57 bits per heavy atom. The van der Waals surface area contributed by atoms with E-state index in [1.807, 2.05) is 0 Å². The van der Waals surface area contributed by atoms with Gasteiger partial charge >= 0.3 is 0 Å². The van der Waals surface area contributed by atoms with E-state index in [1.54, 1.807) is 0 Å². The zero-order valence-electron chi connectivity index (χ0n) is 8.50. The number of rotatable bonds is 6. The third-order valence-corrected chi connectivity index (χ3v) is 2.37. The molecule has 0 bridgehead atoms. The fourth-order valence-corrected chi connectivity index (χ4v) is 1.56. The normalized spacial score (nSPS) is 21.1. The van der Waals surface area contributed by atoms with Crippen molar-refractivity contribution >= 4 is 5.91 Å². The molecule has 1 aliphatic rings. The summed E-state index contributed by atoms with van der Waals surface area (Å²) in [5.41, 5.74) is 0. The average molecular weight is 201 g/mol. The maximum Gasteiger partial charge on any atom is 0.220 e. The first-order valence-corrected chi connectivity index (χ1v) is 5.32. The molecule has 0 aliphatic carbocycles. The van der Waals surface area contributed by atoms with Gasteiger partial charge in [0, 0.05) is 26.2 Å². The number of hydrogen-bond acceptors (Lipinski definition) is 3. The first-order valence-electron chi connectivity index (χ1n) is 5.32. The van der Waals surface area contributed by atoms with Gasteiger partial charge in [-0.2, -0.15) is 0 Å². The fraction of sp³-hybridized carbons (Fsp3) is 0.900. The van der Waals surface area contributed by atoms with Crippen LogP contribution in [0.3, 0.4) is 0 Å². The maximum absolute atomic E-state index is 11.2. The molecule has 0 unspecified atom stereocenters. The van der Waals surface area contributed by atoms with Crippen LogP contribution in [0.2, 0.25) is 0 Å². The Bertz CT molecular complexity index is 167. The van der Waals surface area contributed by atoms with Crippen molar-refractivity contribution in [2.24, 2.45) is 0 Å². The molecule has 1 amide bonds. The molecule has 2 N–H and O–H groups in total. The van der Waals surface area contributed by atoms with Crippen molar-refractivity contribution in [3.63, 3.8) is 0 Å². The Morgan fingerprint density at radius 3 is 3.07 bits per heavy atom. The van der Waals surface area contributed by atoms with Crippen LogP contribution in [0.15, 0.2) is 0 Å². The van der Waals surface area contributed by atoms with Crippen molar-refractivity contribution in [3.8, 4) is 0 Å². The molecule has 0 aromatic heterocycles. The van der Waals surface area contributed by atoms with Crippen molar-refractivity contribution in [1.29, 1.82) is 0 Å². The van der Waals surface area contributed by atoms with Gasteiger partial charge in [-0.25, -0.2) is 0 Å².